The second kappa shape index (κ2) is 6.26. The van der Waals surface area contributed by atoms with E-state index in [1.807, 2.05) is 6.07 Å². The molecule has 0 saturated carbocycles. The number of rotatable bonds is 5. The smallest absolute Gasteiger partial charge is 0.130 e. The van der Waals surface area contributed by atoms with Crippen molar-refractivity contribution in [1.29, 1.82) is 5.41 Å². The molecule has 2 aromatic rings. The lowest BCUT2D eigenvalue weighted by Crippen LogP contribution is -2.12. The second-order valence-electron chi connectivity index (χ2n) is 4.65. The van der Waals surface area contributed by atoms with E-state index in [1.165, 1.54) is 19.2 Å². The van der Waals surface area contributed by atoms with Crippen LogP contribution in [0.4, 0.5) is 4.39 Å². The molecule has 0 atom stereocenters. The lowest BCUT2D eigenvalue weighted by molar-refractivity contribution is 0.302. The van der Waals surface area contributed by atoms with Gasteiger partial charge >= 0.3 is 0 Å². The number of halogens is 1. The van der Waals surface area contributed by atoms with Gasteiger partial charge in [0.25, 0.3) is 0 Å². The van der Waals surface area contributed by atoms with Crippen LogP contribution in [-0.4, -0.2) is 12.9 Å². The molecule has 0 radical (unpaired) electrons. The molecule has 3 N–H and O–H groups in total. The standard InChI is InChI=1S/C16H17FN2O2/c1-10-7-12(17)4-6-14(10)21-9-11-3-5-13(16(18)19)15(8-11)20-2/h3-8H,9H2,1-2H3,(H3,18,19). The fourth-order valence-electron chi connectivity index (χ4n) is 1.98. The quantitative estimate of drug-likeness (QED) is 0.656. The minimum atomic E-state index is -0.285. The molecule has 0 amide bonds. The molecule has 4 nitrogen and oxygen atoms in total. The summed E-state index contributed by atoms with van der Waals surface area (Å²) in [5, 5.41) is 7.47. The van der Waals surface area contributed by atoms with E-state index in [9.17, 15) is 4.39 Å². The maximum absolute atomic E-state index is 13.0. The molecular formula is C16H17FN2O2. The van der Waals surface area contributed by atoms with Crippen molar-refractivity contribution < 1.29 is 13.9 Å². The maximum Gasteiger partial charge on any atom is 0.130 e. The van der Waals surface area contributed by atoms with Gasteiger partial charge in [-0.25, -0.2) is 4.39 Å². The van der Waals surface area contributed by atoms with E-state index >= 15 is 0 Å². The highest BCUT2D eigenvalue weighted by molar-refractivity contribution is 5.97. The first-order valence-corrected chi connectivity index (χ1v) is 6.41. The van der Waals surface area contributed by atoms with Gasteiger partial charge in [0.15, 0.2) is 0 Å². The molecule has 0 aromatic heterocycles. The molecule has 2 aromatic carbocycles. The van der Waals surface area contributed by atoms with Crippen molar-refractivity contribution in [2.75, 3.05) is 7.11 Å². The Morgan fingerprint density at radius 1 is 1.19 bits per heavy atom. The van der Waals surface area contributed by atoms with E-state index in [-0.39, 0.29) is 11.7 Å². The Labute approximate surface area is 122 Å². The summed E-state index contributed by atoms with van der Waals surface area (Å²) in [6.07, 6.45) is 0. The SMILES string of the molecule is COc1cc(COc2ccc(F)cc2C)ccc1C(=N)N. The summed E-state index contributed by atoms with van der Waals surface area (Å²) in [6, 6.07) is 9.70. The number of benzene rings is 2. The van der Waals surface area contributed by atoms with Gasteiger partial charge in [-0.15, -0.1) is 0 Å². The molecule has 21 heavy (non-hydrogen) atoms. The lowest BCUT2D eigenvalue weighted by Gasteiger charge is -2.12. The van der Waals surface area contributed by atoms with Gasteiger partial charge in [0, 0.05) is 0 Å². The van der Waals surface area contributed by atoms with Crippen LogP contribution in [0.15, 0.2) is 36.4 Å². The molecular weight excluding hydrogens is 271 g/mol. The van der Waals surface area contributed by atoms with Gasteiger partial charge in [0.2, 0.25) is 0 Å². The van der Waals surface area contributed by atoms with Gasteiger partial charge in [0.05, 0.1) is 12.7 Å². The lowest BCUT2D eigenvalue weighted by atomic mass is 10.1. The molecule has 0 aliphatic heterocycles. The van der Waals surface area contributed by atoms with Crippen molar-refractivity contribution in [2.24, 2.45) is 5.73 Å². The number of nitrogen functional groups attached to an aromatic ring is 1. The Balaban J connectivity index is 2.15. The van der Waals surface area contributed by atoms with Crippen molar-refractivity contribution in [3.63, 3.8) is 0 Å². The summed E-state index contributed by atoms with van der Waals surface area (Å²) in [5.41, 5.74) is 7.63. The Hall–Kier alpha value is -2.56. The zero-order valence-electron chi connectivity index (χ0n) is 11.9. The molecule has 0 fully saturated rings. The normalized spacial score (nSPS) is 10.2. The topological polar surface area (TPSA) is 68.3 Å². The molecule has 2 rings (SSSR count). The molecule has 0 unspecified atom stereocenters. The van der Waals surface area contributed by atoms with E-state index in [1.54, 1.807) is 25.1 Å². The van der Waals surface area contributed by atoms with Crippen LogP contribution in [0.1, 0.15) is 16.7 Å². The van der Waals surface area contributed by atoms with E-state index in [0.29, 0.717) is 23.7 Å². The van der Waals surface area contributed by atoms with Crippen LogP contribution in [0, 0.1) is 18.2 Å². The molecule has 0 aliphatic carbocycles. The molecule has 0 saturated heterocycles. The number of nitrogens with one attached hydrogen (secondary N) is 1. The largest absolute Gasteiger partial charge is 0.496 e. The van der Waals surface area contributed by atoms with Crippen molar-refractivity contribution >= 4 is 5.84 Å². The third-order valence-corrected chi connectivity index (χ3v) is 3.09. The Bertz CT molecular complexity index is 671. The Morgan fingerprint density at radius 3 is 2.57 bits per heavy atom. The maximum atomic E-state index is 13.0. The Kier molecular flexibility index (Phi) is 4.42. The first kappa shape index (κ1) is 14.8. The highest BCUT2D eigenvalue weighted by Crippen LogP contribution is 2.23. The van der Waals surface area contributed by atoms with Crippen LogP contribution >= 0.6 is 0 Å². The predicted molar refractivity (Wildman–Crippen MR) is 79.5 cm³/mol. The van der Waals surface area contributed by atoms with Gasteiger partial charge in [0.1, 0.15) is 29.8 Å². The van der Waals surface area contributed by atoms with Crippen molar-refractivity contribution in [2.45, 2.75) is 13.5 Å². The number of nitrogens with two attached hydrogens (primary N) is 1. The number of hydrogen-bond donors (Lipinski definition) is 2. The van der Waals surface area contributed by atoms with Gasteiger partial charge in [-0.1, -0.05) is 6.07 Å². The number of ether oxygens (including phenoxy) is 2. The highest BCUT2D eigenvalue weighted by Gasteiger charge is 2.08. The van der Waals surface area contributed by atoms with E-state index in [4.69, 9.17) is 20.6 Å². The average Bonchev–Trinajstić information content (AvgIpc) is 2.45. The minimum absolute atomic E-state index is 0.0475. The number of amidine groups is 1. The predicted octanol–water partition coefficient (Wildman–Crippen LogP) is 3.01. The van der Waals surface area contributed by atoms with Gasteiger partial charge < -0.3 is 15.2 Å². The van der Waals surface area contributed by atoms with Crippen molar-refractivity contribution in [3.8, 4) is 11.5 Å². The minimum Gasteiger partial charge on any atom is -0.496 e. The monoisotopic (exact) mass is 288 g/mol. The van der Waals surface area contributed by atoms with Crippen molar-refractivity contribution in [1.82, 2.24) is 0 Å². The summed E-state index contributed by atoms with van der Waals surface area (Å²) in [6.45, 7) is 2.11. The third kappa shape index (κ3) is 3.51. The van der Waals surface area contributed by atoms with Crippen LogP contribution in [0.25, 0.3) is 0 Å². The van der Waals surface area contributed by atoms with Crippen LogP contribution in [0.2, 0.25) is 0 Å². The molecule has 0 aliphatic rings. The van der Waals surface area contributed by atoms with Crippen LogP contribution in [0.5, 0.6) is 11.5 Å². The van der Waals surface area contributed by atoms with E-state index in [0.717, 1.165) is 11.1 Å². The number of methoxy groups -OCH3 is 1. The molecule has 0 spiro atoms. The van der Waals surface area contributed by atoms with Crippen molar-refractivity contribution in [3.05, 3.63) is 58.9 Å². The second-order valence-corrected chi connectivity index (χ2v) is 4.65. The average molecular weight is 288 g/mol. The fraction of sp³-hybridized carbons (Fsp3) is 0.188. The number of aryl methyl sites for hydroxylation is 1. The summed E-state index contributed by atoms with van der Waals surface area (Å²) < 4.78 is 23.9. The molecule has 0 bridgehead atoms. The van der Waals surface area contributed by atoms with Gasteiger partial charge in [-0.3, -0.25) is 5.41 Å². The summed E-state index contributed by atoms with van der Waals surface area (Å²) in [5.74, 6) is 0.825. The Morgan fingerprint density at radius 2 is 1.95 bits per heavy atom. The zero-order chi connectivity index (χ0) is 15.4. The highest BCUT2D eigenvalue weighted by atomic mass is 19.1. The number of hydrogen-bond acceptors (Lipinski definition) is 3. The van der Waals surface area contributed by atoms with Crippen LogP contribution < -0.4 is 15.2 Å². The fourth-order valence-corrected chi connectivity index (χ4v) is 1.98. The van der Waals surface area contributed by atoms with Gasteiger partial charge in [-0.2, -0.15) is 0 Å². The summed E-state index contributed by atoms with van der Waals surface area (Å²) in [4.78, 5) is 0. The molecule has 5 heteroatoms. The zero-order valence-corrected chi connectivity index (χ0v) is 11.9. The summed E-state index contributed by atoms with van der Waals surface area (Å²) >= 11 is 0. The van der Waals surface area contributed by atoms with E-state index in [2.05, 4.69) is 0 Å². The molecule has 110 valence electrons. The first-order chi connectivity index (χ1) is 10.0. The van der Waals surface area contributed by atoms with E-state index < -0.39 is 0 Å². The van der Waals surface area contributed by atoms with Crippen LogP contribution in [-0.2, 0) is 6.61 Å². The van der Waals surface area contributed by atoms with Gasteiger partial charge in [-0.05, 0) is 48.4 Å². The summed E-state index contributed by atoms with van der Waals surface area (Å²) in [7, 11) is 1.52. The first-order valence-electron chi connectivity index (χ1n) is 6.41. The third-order valence-electron chi connectivity index (χ3n) is 3.09. The van der Waals surface area contributed by atoms with Crippen LogP contribution in [0.3, 0.4) is 0 Å². The molecule has 0 heterocycles.